The number of carbonyl (C=O) groups excluding carboxylic acids is 1. The lowest BCUT2D eigenvalue weighted by Gasteiger charge is -2.21. The fourth-order valence-electron chi connectivity index (χ4n) is 5.57. The molecule has 0 heterocycles. The Morgan fingerprint density at radius 3 is 1.42 bits per heavy atom. The molecular formula is C38H73NO4. The monoisotopic (exact) mass is 608 g/mol. The summed E-state index contributed by atoms with van der Waals surface area (Å²) in [5.74, 6) is -0.323. The van der Waals surface area contributed by atoms with E-state index in [1.807, 2.05) is 6.08 Å². The summed E-state index contributed by atoms with van der Waals surface area (Å²) in [5.41, 5.74) is 0. The first-order chi connectivity index (χ1) is 21.0. The molecule has 0 aliphatic heterocycles. The van der Waals surface area contributed by atoms with Gasteiger partial charge in [-0.2, -0.15) is 0 Å². The summed E-state index contributed by atoms with van der Waals surface area (Å²) >= 11 is 0. The van der Waals surface area contributed by atoms with Crippen molar-refractivity contribution in [2.75, 3.05) is 6.61 Å². The lowest BCUT2D eigenvalue weighted by molar-refractivity contribution is -0.124. The quantitative estimate of drug-likeness (QED) is 0.0441. The second kappa shape index (κ2) is 33.7. The Labute approximate surface area is 267 Å². The van der Waals surface area contributed by atoms with Gasteiger partial charge in [0.2, 0.25) is 5.91 Å². The zero-order valence-electron chi connectivity index (χ0n) is 28.6. The highest BCUT2D eigenvalue weighted by Crippen LogP contribution is 2.13. The normalized spacial score (nSPS) is 14.1. The molecular weight excluding hydrogens is 534 g/mol. The van der Waals surface area contributed by atoms with Crippen molar-refractivity contribution in [3.05, 3.63) is 24.3 Å². The summed E-state index contributed by atoms with van der Waals surface area (Å²) < 4.78 is 0. The van der Waals surface area contributed by atoms with Crippen LogP contribution in [0.4, 0.5) is 0 Å². The van der Waals surface area contributed by atoms with Crippen LogP contribution in [-0.4, -0.2) is 46.1 Å². The third-order valence-electron chi connectivity index (χ3n) is 8.48. The van der Waals surface area contributed by atoms with E-state index in [0.29, 0.717) is 6.42 Å². The van der Waals surface area contributed by atoms with Gasteiger partial charge in [0.05, 0.1) is 31.3 Å². The number of hydrogen-bond acceptors (Lipinski definition) is 4. The molecule has 3 atom stereocenters. The smallest absolute Gasteiger partial charge is 0.222 e. The highest BCUT2D eigenvalue weighted by molar-refractivity contribution is 5.76. The van der Waals surface area contributed by atoms with Gasteiger partial charge in [-0.1, -0.05) is 160 Å². The van der Waals surface area contributed by atoms with Crippen molar-refractivity contribution in [1.82, 2.24) is 5.32 Å². The van der Waals surface area contributed by atoms with Crippen LogP contribution in [0.1, 0.15) is 187 Å². The zero-order valence-corrected chi connectivity index (χ0v) is 28.6. The third-order valence-corrected chi connectivity index (χ3v) is 8.48. The predicted octanol–water partition coefficient (Wildman–Crippen LogP) is 9.87. The summed E-state index contributed by atoms with van der Waals surface area (Å²) in [7, 11) is 0. The minimum Gasteiger partial charge on any atom is -0.394 e. The fourth-order valence-corrected chi connectivity index (χ4v) is 5.57. The van der Waals surface area contributed by atoms with E-state index in [-0.39, 0.29) is 18.9 Å². The Morgan fingerprint density at radius 2 is 0.977 bits per heavy atom. The number of rotatable bonds is 33. The van der Waals surface area contributed by atoms with Gasteiger partial charge in [-0.25, -0.2) is 0 Å². The topological polar surface area (TPSA) is 89.8 Å². The van der Waals surface area contributed by atoms with Crippen molar-refractivity contribution in [2.24, 2.45) is 0 Å². The number of aliphatic hydroxyl groups excluding tert-OH is 3. The highest BCUT2D eigenvalue weighted by atomic mass is 16.3. The lowest BCUT2D eigenvalue weighted by Crippen LogP contribution is -2.45. The Bertz CT molecular complexity index is 635. The van der Waals surface area contributed by atoms with Crippen LogP contribution in [0.25, 0.3) is 0 Å². The molecule has 3 unspecified atom stereocenters. The van der Waals surface area contributed by atoms with Crippen molar-refractivity contribution < 1.29 is 20.1 Å². The van der Waals surface area contributed by atoms with Crippen molar-refractivity contribution in [1.29, 1.82) is 0 Å². The molecule has 0 rings (SSSR count). The second-order valence-electron chi connectivity index (χ2n) is 12.8. The molecule has 0 saturated carbocycles. The van der Waals surface area contributed by atoms with Crippen LogP contribution in [0.15, 0.2) is 24.3 Å². The van der Waals surface area contributed by atoms with Gasteiger partial charge >= 0.3 is 0 Å². The number of unbranched alkanes of at least 4 members (excludes halogenated alkanes) is 22. The number of hydrogen-bond donors (Lipinski definition) is 4. The third kappa shape index (κ3) is 30.6. The molecule has 0 radical (unpaired) electrons. The molecule has 0 aliphatic rings. The summed E-state index contributed by atoms with van der Waals surface area (Å²) in [5, 5.41) is 33.0. The van der Waals surface area contributed by atoms with E-state index in [4.69, 9.17) is 0 Å². The lowest BCUT2D eigenvalue weighted by atomic mass is 10.0. The maximum atomic E-state index is 12.3. The number of aliphatic hydroxyl groups is 3. The van der Waals surface area contributed by atoms with E-state index < -0.39 is 18.2 Å². The predicted molar refractivity (Wildman–Crippen MR) is 185 cm³/mol. The molecule has 254 valence electrons. The molecule has 43 heavy (non-hydrogen) atoms. The van der Waals surface area contributed by atoms with E-state index >= 15 is 0 Å². The molecule has 0 aliphatic carbocycles. The standard InChI is InChI=1S/C38H73NO4/c1-3-5-7-9-11-13-15-16-17-18-19-20-21-22-23-25-27-29-31-35(41)33-38(43)39-36(34-40)37(42)32-30-28-26-24-14-12-10-8-6-4-2/h19-20,30,32,35-37,40-42H,3-18,21-29,31,33-34H2,1-2H3,(H,39,43)/b20-19-,32-30+. The molecule has 1 amide bonds. The first-order valence-corrected chi connectivity index (χ1v) is 18.6. The Morgan fingerprint density at radius 1 is 0.581 bits per heavy atom. The average Bonchev–Trinajstić information content (AvgIpc) is 3.00. The van der Waals surface area contributed by atoms with Crippen LogP contribution in [0, 0.1) is 0 Å². The maximum absolute atomic E-state index is 12.3. The number of nitrogens with one attached hydrogen (secondary N) is 1. The Hall–Kier alpha value is -1.17. The van der Waals surface area contributed by atoms with Crippen molar-refractivity contribution >= 4 is 5.91 Å². The average molecular weight is 608 g/mol. The summed E-state index contributed by atoms with van der Waals surface area (Å²) in [6.07, 6.45) is 38.8. The minimum absolute atomic E-state index is 0.00887. The van der Waals surface area contributed by atoms with E-state index in [0.717, 1.165) is 38.5 Å². The van der Waals surface area contributed by atoms with Crippen molar-refractivity contribution in [2.45, 2.75) is 205 Å². The van der Waals surface area contributed by atoms with Gasteiger partial charge in [-0.3, -0.25) is 4.79 Å². The maximum Gasteiger partial charge on any atom is 0.222 e. The second-order valence-corrected chi connectivity index (χ2v) is 12.8. The van der Waals surface area contributed by atoms with Crippen LogP contribution in [-0.2, 0) is 4.79 Å². The van der Waals surface area contributed by atoms with E-state index in [2.05, 4.69) is 31.3 Å². The van der Waals surface area contributed by atoms with Gasteiger partial charge < -0.3 is 20.6 Å². The largest absolute Gasteiger partial charge is 0.394 e. The summed E-state index contributed by atoms with van der Waals surface area (Å²) in [6, 6.07) is -0.742. The van der Waals surface area contributed by atoms with Crippen LogP contribution in [0.2, 0.25) is 0 Å². The van der Waals surface area contributed by atoms with Gasteiger partial charge in [0.1, 0.15) is 0 Å². The molecule has 0 aromatic carbocycles. The fraction of sp³-hybridized carbons (Fsp3) is 0.868. The highest BCUT2D eigenvalue weighted by Gasteiger charge is 2.20. The van der Waals surface area contributed by atoms with Gasteiger partial charge in [0.25, 0.3) is 0 Å². The molecule has 0 aromatic rings. The van der Waals surface area contributed by atoms with Gasteiger partial charge in [-0.05, 0) is 44.9 Å². The zero-order chi connectivity index (χ0) is 31.6. The molecule has 0 bridgehead atoms. The minimum atomic E-state index is -0.926. The van der Waals surface area contributed by atoms with Crippen LogP contribution in [0.5, 0.6) is 0 Å². The van der Waals surface area contributed by atoms with Crippen LogP contribution >= 0.6 is 0 Å². The van der Waals surface area contributed by atoms with Gasteiger partial charge in [0, 0.05) is 0 Å². The number of amides is 1. The molecule has 5 nitrogen and oxygen atoms in total. The summed E-state index contributed by atoms with van der Waals surface area (Å²) in [6.45, 7) is 4.17. The van der Waals surface area contributed by atoms with Gasteiger partial charge in [0.15, 0.2) is 0 Å². The van der Waals surface area contributed by atoms with Gasteiger partial charge in [-0.15, -0.1) is 0 Å². The molecule has 4 N–H and O–H groups in total. The molecule has 0 fully saturated rings. The molecule has 0 saturated heterocycles. The van der Waals surface area contributed by atoms with Crippen LogP contribution in [0.3, 0.4) is 0 Å². The molecule has 5 heteroatoms. The Balaban J connectivity index is 3.71. The molecule has 0 spiro atoms. The van der Waals surface area contributed by atoms with E-state index in [9.17, 15) is 20.1 Å². The first kappa shape index (κ1) is 41.8. The molecule has 0 aromatic heterocycles. The van der Waals surface area contributed by atoms with E-state index in [1.165, 1.54) is 122 Å². The number of carbonyl (C=O) groups is 1. The summed E-state index contributed by atoms with van der Waals surface area (Å²) in [4.78, 5) is 12.3. The van der Waals surface area contributed by atoms with Crippen LogP contribution < -0.4 is 5.32 Å². The van der Waals surface area contributed by atoms with Crippen molar-refractivity contribution in [3.8, 4) is 0 Å². The first-order valence-electron chi connectivity index (χ1n) is 18.6. The Kier molecular flexibility index (Phi) is 32.8. The number of allylic oxidation sites excluding steroid dienone is 3. The van der Waals surface area contributed by atoms with E-state index in [1.54, 1.807) is 6.08 Å². The SMILES string of the molecule is CCCCCCCCCC/C=C/C(O)C(CO)NC(=O)CC(O)CCCCCCC/C=C\CCCCCCCCCCC. The van der Waals surface area contributed by atoms with Crippen molar-refractivity contribution in [3.63, 3.8) is 0 Å².